The van der Waals surface area contributed by atoms with Gasteiger partial charge in [0.1, 0.15) is 5.54 Å². The maximum absolute atomic E-state index is 11.5. The van der Waals surface area contributed by atoms with Crippen LogP contribution in [-0.2, 0) is 14.3 Å². The maximum atomic E-state index is 11.5. The Morgan fingerprint density at radius 2 is 2.06 bits per heavy atom. The number of unbranched alkanes of at least 4 members (excludes halogenated alkanes) is 1. The predicted molar refractivity (Wildman–Crippen MR) is 58.1 cm³/mol. The van der Waals surface area contributed by atoms with E-state index in [1.165, 1.54) is 0 Å². The van der Waals surface area contributed by atoms with E-state index in [-0.39, 0.29) is 5.91 Å². The van der Waals surface area contributed by atoms with E-state index in [2.05, 4.69) is 5.32 Å². The molecule has 0 aromatic carbocycles. The number of hydrogen-bond acceptors (Lipinski definition) is 3. The second-order valence-electron chi connectivity index (χ2n) is 4.24. The lowest BCUT2D eigenvalue weighted by Gasteiger charge is -2.38. The summed E-state index contributed by atoms with van der Waals surface area (Å²) in [5.74, 6) is -1.08. The standard InChI is InChI=1S/C11H19NO4/c1-16-8-3-2-5-9(13)12-11(10(14)15)6-4-7-11/h2-8H2,1H3,(H,12,13)(H,14,15). The summed E-state index contributed by atoms with van der Waals surface area (Å²) in [5, 5.41) is 11.6. The first-order valence-corrected chi connectivity index (χ1v) is 5.64. The molecule has 0 aromatic heterocycles. The fraction of sp³-hybridized carbons (Fsp3) is 0.818. The SMILES string of the molecule is COCCCCC(=O)NC1(C(=O)O)CCC1. The Morgan fingerprint density at radius 1 is 1.38 bits per heavy atom. The molecule has 16 heavy (non-hydrogen) atoms. The van der Waals surface area contributed by atoms with Crippen molar-refractivity contribution in [3.8, 4) is 0 Å². The fourth-order valence-electron chi connectivity index (χ4n) is 1.78. The zero-order valence-electron chi connectivity index (χ0n) is 9.62. The van der Waals surface area contributed by atoms with Crippen LogP contribution < -0.4 is 5.32 Å². The van der Waals surface area contributed by atoms with Gasteiger partial charge in [-0.25, -0.2) is 4.79 Å². The van der Waals surface area contributed by atoms with Gasteiger partial charge in [-0.2, -0.15) is 0 Å². The number of carbonyl (C=O) groups is 2. The molecule has 0 aromatic rings. The largest absolute Gasteiger partial charge is 0.480 e. The first kappa shape index (κ1) is 13.0. The summed E-state index contributed by atoms with van der Waals surface area (Å²) in [7, 11) is 1.62. The van der Waals surface area contributed by atoms with Crippen molar-refractivity contribution in [1.82, 2.24) is 5.32 Å². The Kier molecular flexibility index (Phi) is 4.73. The molecule has 0 saturated heterocycles. The molecule has 92 valence electrons. The zero-order chi connectivity index (χ0) is 12.0. The smallest absolute Gasteiger partial charge is 0.329 e. The molecule has 5 nitrogen and oxygen atoms in total. The van der Waals surface area contributed by atoms with Gasteiger partial charge in [-0.1, -0.05) is 0 Å². The van der Waals surface area contributed by atoms with E-state index in [0.29, 0.717) is 25.9 Å². The van der Waals surface area contributed by atoms with Crippen molar-refractivity contribution in [2.24, 2.45) is 0 Å². The second kappa shape index (κ2) is 5.84. The molecular weight excluding hydrogens is 210 g/mol. The highest BCUT2D eigenvalue weighted by Crippen LogP contribution is 2.32. The third-order valence-electron chi connectivity index (χ3n) is 3.00. The molecule has 0 bridgehead atoms. The van der Waals surface area contributed by atoms with Crippen LogP contribution in [0.1, 0.15) is 38.5 Å². The van der Waals surface area contributed by atoms with Gasteiger partial charge < -0.3 is 15.2 Å². The van der Waals surface area contributed by atoms with Crippen LogP contribution in [0.25, 0.3) is 0 Å². The van der Waals surface area contributed by atoms with Crippen LogP contribution in [0, 0.1) is 0 Å². The minimum absolute atomic E-state index is 0.168. The summed E-state index contributed by atoms with van der Waals surface area (Å²) < 4.78 is 4.87. The van der Waals surface area contributed by atoms with Crippen molar-refractivity contribution < 1.29 is 19.4 Å². The van der Waals surface area contributed by atoms with E-state index in [9.17, 15) is 9.59 Å². The minimum Gasteiger partial charge on any atom is -0.480 e. The summed E-state index contributed by atoms with van der Waals surface area (Å²) in [5.41, 5.74) is -0.974. The molecule has 0 unspecified atom stereocenters. The van der Waals surface area contributed by atoms with Crippen LogP contribution in [0.5, 0.6) is 0 Å². The lowest BCUT2D eigenvalue weighted by atomic mass is 9.76. The third kappa shape index (κ3) is 3.20. The lowest BCUT2D eigenvalue weighted by molar-refractivity contribution is -0.151. The maximum Gasteiger partial charge on any atom is 0.329 e. The van der Waals surface area contributed by atoms with E-state index in [1.54, 1.807) is 7.11 Å². The number of hydrogen-bond donors (Lipinski definition) is 2. The number of carboxylic acids is 1. The first-order valence-electron chi connectivity index (χ1n) is 5.64. The van der Waals surface area contributed by atoms with Crippen LogP contribution >= 0.6 is 0 Å². The minimum atomic E-state index is -0.974. The molecule has 0 heterocycles. The number of carboxylic acid groups (broad SMARTS) is 1. The van der Waals surface area contributed by atoms with Crippen molar-refractivity contribution in [2.45, 2.75) is 44.1 Å². The summed E-state index contributed by atoms with van der Waals surface area (Å²) >= 11 is 0. The Balaban J connectivity index is 2.25. The number of ether oxygens (including phenoxy) is 1. The molecular formula is C11H19NO4. The molecule has 1 aliphatic carbocycles. The Morgan fingerprint density at radius 3 is 2.50 bits per heavy atom. The molecule has 1 amide bonds. The summed E-state index contributed by atoms with van der Waals surface area (Å²) in [6.07, 6.45) is 3.90. The fourth-order valence-corrected chi connectivity index (χ4v) is 1.78. The Labute approximate surface area is 95.2 Å². The van der Waals surface area contributed by atoms with Gasteiger partial charge in [0.2, 0.25) is 5.91 Å². The Hall–Kier alpha value is -1.10. The topological polar surface area (TPSA) is 75.6 Å². The predicted octanol–water partition coefficient (Wildman–Crippen LogP) is 0.927. The quantitative estimate of drug-likeness (QED) is 0.637. The van der Waals surface area contributed by atoms with Crippen molar-refractivity contribution in [3.63, 3.8) is 0 Å². The van der Waals surface area contributed by atoms with Gasteiger partial charge in [0.05, 0.1) is 0 Å². The van der Waals surface area contributed by atoms with E-state index in [4.69, 9.17) is 9.84 Å². The average Bonchev–Trinajstić information content (AvgIpc) is 2.18. The van der Waals surface area contributed by atoms with E-state index >= 15 is 0 Å². The van der Waals surface area contributed by atoms with Gasteiger partial charge in [0, 0.05) is 20.1 Å². The molecule has 1 aliphatic rings. The number of carbonyl (C=O) groups excluding carboxylic acids is 1. The van der Waals surface area contributed by atoms with Crippen molar-refractivity contribution in [2.75, 3.05) is 13.7 Å². The normalized spacial score (nSPS) is 17.6. The van der Waals surface area contributed by atoms with Crippen LogP contribution in [0.15, 0.2) is 0 Å². The lowest BCUT2D eigenvalue weighted by Crippen LogP contribution is -2.59. The summed E-state index contributed by atoms with van der Waals surface area (Å²) in [6.45, 7) is 0.636. The third-order valence-corrected chi connectivity index (χ3v) is 3.00. The zero-order valence-corrected chi connectivity index (χ0v) is 9.62. The molecule has 1 saturated carbocycles. The highest BCUT2D eigenvalue weighted by molar-refractivity contribution is 5.87. The molecule has 0 spiro atoms. The molecule has 1 rings (SSSR count). The van der Waals surface area contributed by atoms with Crippen LogP contribution in [0.2, 0.25) is 0 Å². The van der Waals surface area contributed by atoms with Crippen molar-refractivity contribution in [3.05, 3.63) is 0 Å². The van der Waals surface area contributed by atoms with E-state index in [0.717, 1.165) is 19.3 Å². The molecule has 2 N–H and O–H groups in total. The van der Waals surface area contributed by atoms with Gasteiger partial charge in [-0.3, -0.25) is 4.79 Å². The highest BCUT2D eigenvalue weighted by Gasteiger charge is 2.45. The van der Waals surface area contributed by atoms with Gasteiger partial charge in [0.25, 0.3) is 0 Å². The number of rotatable bonds is 7. The summed E-state index contributed by atoms with van der Waals surface area (Å²) in [6, 6.07) is 0. The van der Waals surface area contributed by atoms with Gasteiger partial charge in [-0.05, 0) is 32.1 Å². The number of amides is 1. The number of aliphatic carboxylic acids is 1. The van der Waals surface area contributed by atoms with Crippen LogP contribution in [0.4, 0.5) is 0 Å². The van der Waals surface area contributed by atoms with E-state index < -0.39 is 11.5 Å². The monoisotopic (exact) mass is 229 g/mol. The Bertz CT molecular complexity index is 261. The first-order chi connectivity index (χ1) is 7.60. The average molecular weight is 229 g/mol. The van der Waals surface area contributed by atoms with Gasteiger partial charge >= 0.3 is 5.97 Å². The van der Waals surface area contributed by atoms with Crippen molar-refractivity contribution >= 4 is 11.9 Å². The molecule has 0 radical (unpaired) electrons. The number of nitrogens with one attached hydrogen (secondary N) is 1. The molecule has 5 heteroatoms. The van der Waals surface area contributed by atoms with Gasteiger partial charge in [0.15, 0.2) is 0 Å². The molecule has 1 fully saturated rings. The second-order valence-corrected chi connectivity index (χ2v) is 4.24. The van der Waals surface area contributed by atoms with E-state index in [1.807, 2.05) is 0 Å². The van der Waals surface area contributed by atoms with Crippen LogP contribution in [0.3, 0.4) is 0 Å². The van der Waals surface area contributed by atoms with Crippen LogP contribution in [-0.4, -0.2) is 36.2 Å². The number of methoxy groups -OCH3 is 1. The molecule has 0 atom stereocenters. The highest BCUT2D eigenvalue weighted by atomic mass is 16.5. The van der Waals surface area contributed by atoms with Gasteiger partial charge in [-0.15, -0.1) is 0 Å². The summed E-state index contributed by atoms with van der Waals surface area (Å²) in [4.78, 5) is 22.5. The molecule has 0 aliphatic heterocycles. The van der Waals surface area contributed by atoms with Crippen molar-refractivity contribution in [1.29, 1.82) is 0 Å².